The van der Waals surface area contributed by atoms with Crippen molar-refractivity contribution in [3.05, 3.63) is 75.9 Å². The van der Waals surface area contributed by atoms with Crippen molar-refractivity contribution < 1.29 is 9.59 Å². The average Bonchev–Trinajstić information content (AvgIpc) is 3.51. The third-order valence-corrected chi connectivity index (χ3v) is 7.85. The van der Waals surface area contributed by atoms with Crippen LogP contribution in [0.2, 0.25) is 0 Å². The van der Waals surface area contributed by atoms with Crippen molar-refractivity contribution >= 4 is 56.1 Å². The van der Waals surface area contributed by atoms with Gasteiger partial charge in [-0.2, -0.15) is 0 Å². The lowest BCUT2D eigenvalue weighted by Gasteiger charge is -2.30. The van der Waals surface area contributed by atoms with Gasteiger partial charge >= 0.3 is 0 Å². The van der Waals surface area contributed by atoms with Gasteiger partial charge in [0.15, 0.2) is 0 Å². The number of thiazole rings is 1. The number of fused-ring (bicyclic) bond motifs is 1. The van der Waals surface area contributed by atoms with Crippen molar-refractivity contribution in [1.82, 2.24) is 9.88 Å². The van der Waals surface area contributed by atoms with Gasteiger partial charge in [-0.1, -0.05) is 18.2 Å². The van der Waals surface area contributed by atoms with E-state index in [1.807, 2.05) is 17.5 Å². The monoisotopic (exact) mass is 476 g/mol. The molecule has 5 rings (SSSR count). The second-order valence-electron chi connectivity index (χ2n) is 8.13. The molecule has 0 aliphatic carbocycles. The van der Waals surface area contributed by atoms with Crippen LogP contribution in [-0.2, 0) is 4.79 Å². The standard InChI is InChI=1S/C25H24N4O2S2/c30-23(26-18-7-9-19(10-8-18)27-24(31)22-6-3-15-32-22)16-29-13-11-17(12-14-29)25-28-20-4-1-2-5-21(20)33-25/h1-10,15,17H,11-14,16H2,(H,26,30)(H,27,31). The zero-order valence-electron chi connectivity index (χ0n) is 18.0. The molecule has 4 aromatic rings. The zero-order chi connectivity index (χ0) is 22.6. The molecule has 33 heavy (non-hydrogen) atoms. The number of benzene rings is 2. The lowest BCUT2D eigenvalue weighted by atomic mass is 9.97. The predicted octanol–water partition coefficient (Wildman–Crippen LogP) is 5.43. The largest absolute Gasteiger partial charge is 0.325 e. The van der Waals surface area contributed by atoms with Crippen LogP contribution in [0.4, 0.5) is 11.4 Å². The summed E-state index contributed by atoms with van der Waals surface area (Å²) < 4.78 is 1.24. The van der Waals surface area contributed by atoms with E-state index >= 15 is 0 Å². The second kappa shape index (κ2) is 9.82. The number of nitrogens with zero attached hydrogens (tertiary/aromatic N) is 2. The lowest BCUT2D eigenvalue weighted by Crippen LogP contribution is -2.38. The Morgan fingerprint density at radius 3 is 2.36 bits per heavy atom. The molecule has 168 valence electrons. The van der Waals surface area contributed by atoms with E-state index in [0.29, 0.717) is 23.0 Å². The zero-order valence-corrected chi connectivity index (χ0v) is 19.6. The highest BCUT2D eigenvalue weighted by molar-refractivity contribution is 7.18. The van der Waals surface area contributed by atoms with Crippen LogP contribution in [0.1, 0.15) is 33.4 Å². The molecule has 0 saturated carbocycles. The Morgan fingerprint density at radius 2 is 1.67 bits per heavy atom. The van der Waals surface area contributed by atoms with Gasteiger partial charge in [-0.25, -0.2) is 4.98 Å². The summed E-state index contributed by atoms with van der Waals surface area (Å²) in [5.41, 5.74) is 2.50. The van der Waals surface area contributed by atoms with Crippen LogP contribution in [0.25, 0.3) is 10.2 Å². The highest BCUT2D eigenvalue weighted by Crippen LogP contribution is 2.33. The molecular formula is C25H24N4O2S2. The molecule has 8 heteroatoms. The van der Waals surface area contributed by atoms with Gasteiger partial charge in [0.2, 0.25) is 5.91 Å². The number of amides is 2. The van der Waals surface area contributed by atoms with Crippen molar-refractivity contribution in [3.63, 3.8) is 0 Å². The summed E-state index contributed by atoms with van der Waals surface area (Å²) in [4.78, 5) is 32.4. The van der Waals surface area contributed by atoms with Crippen molar-refractivity contribution in [2.45, 2.75) is 18.8 Å². The van der Waals surface area contributed by atoms with Gasteiger partial charge in [0.25, 0.3) is 5.91 Å². The van der Waals surface area contributed by atoms with Crippen LogP contribution in [0.15, 0.2) is 66.0 Å². The molecule has 6 nitrogen and oxygen atoms in total. The van der Waals surface area contributed by atoms with E-state index in [1.54, 1.807) is 41.7 Å². The van der Waals surface area contributed by atoms with E-state index < -0.39 is 0 Å². The minimum Gasteiger partial charge on any atom is -0.325 e. The average molecular weight is 477 g/mol. The second-order valence-corrected chi connectivity index (χ2v) is 10.1. The third-order valence-electron chi connectivity index (χ3n) is 5.79. The molecule has 2 aromatic carbocycles. The van der Waals surface area contributed by atoms with Crippen LogP contribution < -0.4 is 10.6 Å². The highest BCUT2D eigenvalue weighted by atomic mass is 32.1. The van der Waals surface area contributed by atoms with Crippen LogP contribution in [0, 0.1) is 0 Å². The van der Waals surface area contributed by atoms with Crippen molar-refractivity contribution in [2.24, 2.45) is 0 Å². The van der Waals surface area contributed by atoms with Gasteiger partial charge in [-0.3, -0.25) is 14.5 Å². The Bertz CT molecular complexity index is 1210. The van der Waals surface area contributed by atoms with Crippen LogP contribution >= 0.6 is 22.7 Å². The Labute approximate surface area is 200 Å². The van der Waals surface area contributed by atoms with E-state index in [-0.39, 0.29) is 11.8 Å². The van der Waals surface area contributed by atoms with Crippen molar-refractivity contribution in [3.8, 4) is 0 Å². The molecule has 0 bridgehead atoms. The van der Waals surface area contributed by atoms with E-state index in [9.17, 15) is 9.59 Å². The maximum absolute atomic E-state index is 12.5. The van der Waals surface area contributed by atoms with Gasteiger partial charge in [-0.15, -0.1) is 22.7 Å². The summed E-state index contributed by atoms with van der Waals surface area (Å²) >= 11 is 3.19. The predicted molar refractivity (Wildman–Crippen MR) is 135 cm³/mol. The topological polar surface area (TPSA) is 74.3 Å². The fourth-order valence-electron chi connectivity index (χ4n) is 4.04. The van der Waals surface area contributed by atoms with E-state index in [0.717, 1.165) is 37.1 Å². The van der Waals surface area contributed by atoms with E-state index in [2.05, 4.69) is 33.7 Å². The molecule has 0 radical (unpaired) electrons. The minimum atomic E-state index is -0.129. The summed E-state index contributed by atoms with van der Waals surface area (Å²) in [5, 5.41) is 8.91. The number of likely N-dealkylation sites (tertiary alicyclic amines) is 1. The molecular weight excluding hydrogens is 452 g/mol. The quantitative estimate of drug-likeness (QED) is 0.389. The number of aromatic nitrogens is 1. The fourth-order valence-corrected chi connectivity index (χ4v) is 5.80. The first-order valence-corrected chi connectivity index (χ1v) is 12.7. The summed E-state index contributed by atoms with van der Waals surface area (Å²) in [6.45, 7) is 2.16. The Balaban J connectivity index is 1.09. The van der Waals surface area contributed by atoms with Gasteiger partial charge in [-0.05, 0) is 73.8 Å². The molecule has 0 atom stereocenters. The van der Waals surface area contributed by atoms with Crippen molar-refractivity contribution in [1.29, 1.82) is 0 Å². The molecule has 1 fully saturated rings. The fraction of sp³-hybridized carbons (Fsp3) is 0.240. The number of nitrogens with one attached hydrogen (secondary N) is 2. The number of carbonyl (C=O) groups is 2. The maximum atomic E-state index is 12.5. The summed E-state index contributed by atoms with van der Waals surface area (Å²) in [7, 11) is 0. The summed E-state index contributed by atoms with van der Waals surface area (Å²) in [6.07, 6.45) is 2.04. The smallest absolute Gasteiger partial charge is 0.265 e. The Morgan fingerprint density at radius 1 is 0.939 bits per heavy atom. The van der Waals surface area contributed by atoms with E-state index in [4.69, 9.17) is 4.98 Å². The first-order chi connectivity index (χ1) is 16.1. The molecule has 2 amide bonds. The van der Waals surface area contributed by atoms with Gasteiger partial charge in [0, 0.05) is 17.3 Å². The maximum Gasteiger partial charge on any atom is 0.265 e. The van der Waals surface area contributed by atoms with E-state index in [1.165, 1.54) is 21.0 Å². The Kier molecular flexibility index (Phi) is 6.48. The molecule has 1 aliphatic heterocycles. The molecule has 1 aliphatic rings. The highest BCUT2D eigenvalue weighted by Gasteiger charge is 2.24. The minimum absolute atomic E-state index is 0.0243. The SMILES string of the molecule is O=C(CN1CCC(c2nc3ccccc3s2)CC1)Nc1ccc(NC(=O)c2cccs2)cc1. The number of piperidine rings is 1. The number of thiophene rings is 1. The number of rotatable bonds is 6. The van der Waals surface area contributed by atoms with Crippen LogP contribution in [0.5, 0.6) is 0 Å². The summed E-state index contributed by atoms with van der Waals surface area (Å²) in [5.74, 6) is 0.318. The Hall–Kier alpha value is -3.07. The number of anilines is 2. The summed E-state index contributed by atoms with van der Waals surface area (Å²) in [6, 6.07) is 19.1. The molecule has 0 unspecified atom stereocenters. The third kappa shape index (κ3) is 5.30. The van der Waals surface area contributed by atoms with Crippen molar-refractivity contribution in [2.75, 3.05) is 30.3 Å². The molecule has 1 saturated heterocycles. The number of hydrogen-bond donors (Lipinski definition) is 2. The van der Waals surface area contributed by atoms with Gasteiger partial charge in [0.05, 0.1) is 26.6 Å². The molecule has 3 heterocycles. The number of carbonyl (C=O) groups excluding carboxylic acids is 2. The number of para-hydroxylation sites is 1. The number of hydrogen-bond acceptors (Lipinski definition) is 6. The first kappa shape index (κ1) is 21.8. The van der Waals surface area contributed by atoms with Gasteiger partial charge in [0.1, 0.15) is 0 Å². The van der Waals surface area contributed by atoms with Crippen LogP contribution in [-0.4, -0.2) is 41.3 Å². The normalized spacial score (nSPS) is 14.9. The van der Waals surface area contributed by atoms with Crippen LogP contribution in [0.3, 0.4) is 0 Å². The molecule has 0 spiro atoms. The molecule has 2 aromatic heterocycles. The molecule has 2 N–H and O–H groups in total. The lowest BCUT2D eigenvalue weighted by molar-refractivity contribution is -0.117. The van der Waals surface area contributed by atoms with Gasteiger partial charge < -0.3 is 10.6 Å². The first-order valence-electron chi connectivity index (χ1n) is 11.0.